The number of nitrogen functional groups attached to an aromatic ring is 1. The maximum absolute atomic E-state index is 12.2. The van der Waals surface area contributed by atoms with Crippen LogP contribution in [0.5, 0.6) is 0 Å². The van der Waals surface area contributed by atoms with E-state index in [4.69, 9.17) is 5.73 Å². The molecule has 3 N–H and O–H groups in total. The van der Waals surface area contributed by atoms with Crippen LogP contribution in [0.25, 0.3) is 0 Å². The SMILES string of the molecule is CCCn1c(N)c(NCCc2nccs2)c(=O)n(C)c1=O. The van der Waals surface area contributed by atoms with E-state index in [0.717, 1.165) is 16.0 Å². The van der Waals surface area contributed by atoms with Gasteiger partial charge in [0, 0.05) is 38.1 Å². The smallest absolute Gasteiger partial charge is 0.332 e. The monoisotopic (exact) mass is 309 g/mol. The first-order chi connectivity index (χ1) is 10.1. The molecule has 0 bridgehead atoms. The minimum Gasteiger partial charge on any atom is -0.383 e. The second-order valence-electron chi connectivity index (χ2n) is 4.66. The summed E-state index contributed by atoms with van der Waals surface area (Å²) in [6.45, 7) is 2.98. The Balaban J connectivity index is 2.26. The highest BCUT2D eigenvalue weighted by atomic mass is 32.1. The van der Waals surface area contributed by atoms with E-state index in [1.165, 1.54) is 11.6 Å². The summed E-state index contributed by atoms with van der Waals surface area (Å²) in [6.07, 6.45) is 3.21. The lowest BCUT2D eigenvalue weighted by Gasteiger charge is -2.15. The van der Waals surface area contributed by atoms with Crippen molar-refractivity contribution < 1.29 is 0 Å². The lowest BCUT2D eigenvalue weighted by molar-refractivity contribution is 0.600. The Labute approximate surface area is 126 Å². The molecule has 0 saturated carbocycles. The Morgan fingerprint density at radius 2 is 2.19 bits per heavy atom. The Bertz CT molecular complexity index is 717. The number of rotatable bonds is 6. The molecule has 2 heterocycles. The number of hydrogen-bond acceptors (Lipinski definition) is 6. The van der Waals surface area contributed by atoms with Crippen LogP contribution in [0.15, 0.2) is 21.2 Å². The Kier molecular flexibility index (Phi) is 4.79. The van der Waals surface area contributed by atoms with E-state index in [2.05, 4.69) is 10.3 Å². The van der Waals surface area contributed by atoms with Crippen LogP contribution in [0, 0.1) is 0 Å². The van der Waals surface area contributed by atoms with Crippen molar-refractivity contribution in [2.24, 2.45) is 7.05 Å². The molecule has 7 nitrogen and oxygen atoms in total. The Hall–Kier alpha value is -2.09. The molecular weight excluding hydrogens is 290 g/mol. The van der Waals surface area contributed by atoms with Crippen molar-refractivity contribution in [3.05, 3.63) is 37.4 Å². The molecule has 0 fully saturated rings. The first-order valence-corrected chi connectivity index (χ1v) is 7.65. The maximum Gasteiger partial charge on any atom is 0.332 e. The highest BCUT2D eigenvalue weighted by molar-refractivity contribution is 7.09. The van der Waals surface area contributed by atoms with E-state index in [1.807, 2.05) is 12.3 Å². The van der Waals surface area contributed by atoms with Gasteiger partial charge in [-0.05, 0) is 6.42 Å². The maximum atomic E-state index is 12.2. The molecule has 0 aliphatic rings. The molecule has 2 aromatic heterocycles. The van der Waals surface area contributed by atoms with Gasteiger partial charge in [0.15, 0.2) is 0 Å². The van der Waals surface area contributed by atoms with E-state index >= 15 is 0 Å². The van der Waals surface area contributed by atoms with Crippen LogP contribution in [0.3, 0.4) is 0 Å². The zero-order valence-electron chi connectivity index (χ0n) is 12.1. The quantitative estimate of drug-likeness (QED) is 0.817. The molecule has 0 aliphatic carbocycles. The van der Waals surface area contributed by atoms with Gasteiger partial charge < -0.3 is 11.1 Å². The number of hydrogen-bond donors (Lipinski definition) is 2. The van der Waals surface area contributed by atoms with Crippen molar-refractivity contribution >= 4 is 22.8 Å². The van der Waals surface area contributed by atoms with Crippen molar-refractivity contribution in [1.82, 2.24) is 14.1 Å². The average molecular weight is 309 g/mol. The van der Waals surface area contributed by atoms with Crippen LogP contribution < -0.4 is 22.3 Å². The fourth-order valence-corrected chi connectivity index (χ4v) is 2.68. The standard InChI is InChI=1S/C13H19N5O2S/c1-3-7-18-11(14)10(12(19)17(2)13(18)20)16-5-4-9-15-6-8-21-9/h6,8,16H,3-5,7,14H2,1-2H3. The molecule has 114 valence electrons. The van der Waals surface area contributed by atoms with E-state index in [-0.39, 0.29) is 17.2 Å². The fraction of sp³-hybridized carbons (Fsp3) is 0.462. The summed E-state index contributed by atoms with van der Waals surface area (Å²) < 4.78 is 2.50. The van der Waals surface area contributed by atoms with E-state index < -0.39 is 5.56 Å². The summed E-state index contributed by atoms with van der Waals surface area (Å²) >= 11 is 1.56. The molecule has 0 amide bonds. The second kappa shape index (κ2) is 6.57. The predicted octanol–water partition coefficient (Wildman–Crippen LogP) is 0.650. The zero-order valence-corrected chi connectivity index (χ0v) is 12.9. The van der Waals surface area contributed by atoms with Crippen molar-refractivity contribution in [3.63, 3.8) is 0 Å². The van der Waals surface area contributed by atoms with Crippen LogP contribution in [-0.2, 0) is 20.0 Å². The van der Waals surface area contributed by atoms with E-state index in [0.29, 0.717) is 19.5 Å². The van der Waals surface area contributed by atoms with Crippen molar-refractivity contribution in [2.75, 3.05) is 17.6 Å². The lowest BCUT2D eigenvalue weighted by atomic mass is 10.3. The second-order valence-corrected chi connectivity index (χ2v) is 5.64. The molecule has 2 aromatic rings. The third-order valence-electron chi connectivity index (χ3n) is 3.15. The van der Waals surface area contributed by atoms with Gasteiger partial charge in [-0.15, -0.1) is 11.3 Å². The summed E-state index contributed by atoms with van der Waals surface area (Å²) in [5.74, 6) is 0.198. The van der Waals surface area contributed by atoms with Gasteiger partial charge >= 0.3 is 5.69 Å². The van der Waals surface area contributed by atoms with Gasteiger partial charge in [-0.3, -0.25) is 13.9 Å². The van der Waals surface area contributed by atoms with Crippen LogP contribution in [0.1, 0.15) is 18.4 Å². The predicted molar refractivity (Wildman–Crippen MR) is 85.0 cm³/mol. The number of thiazole rings is 1. The normalized spacial score (nSPS) is 10.8. The summed E-state index contributed by atoms with van der Waals surface area (Å²) in [4.78, 5) is 28.4. The number of nitrogens with two attached hydrogens (primary N) is 1. The van der Waals surface area contributed by atoms with Crippen LogP contribution in [-0.4, -0.2) is 20.7 Å². The largest absolute Gasteiger partial charge is 0.383 e. The van der Waals surface area contributed by atoms with Gasteiger partial charge in [0.25, 0.3) is 5.56 Å². The minimum absolute atomic E-state index is 0.198. The number of anilines is 2. The molecule has 21 heavy (non-hydrogen) atoms. The highest BCUT2D eigenvalue weighted by Crippen LogP contribution is 2.12. The van der Waals surface area contributed by atoms with Gasteiger partial charge in [0.05, 0.1) is 5.01 Å². The molecule has 0 aliphatic heterocycles. The van der Waals surface area contributed by atoms with Crippen LogP contribution in [0.4, 0.5) is 11.5 Å². The van der Waals surface area contributed by atoms with Crippen LogP contribution in [0.2, 0.25) is 0 Å². The molecule has 0 atom stereocenters. The van der Waals surface area contributed by atoms with Gasteiger partial charge in [-0.1, -0.05) is 6.92 Å². The average Bonchev–Trinajstić information content (AvgIpc) is 2.98. The fourth-order valence-electron chi connectivity index (χ4n) is 2.06. The molecule has 0 aromatic carbocycles. The molecule has 0 saturated heterocycles. The molecule has 8 heteroatoms. The van der Waals surface area contributed by atoms with Gasteiger partial charge in [0.1, 0.15) is 11.5 Å². The molecule has 2 rings (SSSR count). The summed E-state index contributed by atoms with van der Waals surface area (Å²) in [6, 6.07) is 0. The van der Waals surface area contributed by atoms with Gasteiger partial charge in [-0.2, -0.15) is 0 Å². The summed E-state index contributed by atoms with van der Waals surface area (Å²) in [5, 5.41) is 5.93. The lowest BCUT2D eigenvalue weighted by Crippen LogP contribution is -2.41. The molecular formula is C13H19N5O2S. The Morgan fingerprint density at radius 1 is 1.43 bits per heavy atom. The highest BCUT2D eigenvalue weighted by Gasteiger charge is 2.14. The van der Waals surface area contributed by atoms with Crippen molar-refractivity contribution in [1.29, 1.82) is 0 Å². The van der Waals surface area contributed by atoms with Crippen molar-refractivity contribution in [2.45, 2.75) is 26.3 Å². The topological polar surface area (TPSA) is 94.9 Å². The van der Waals surface area contributed by atoms with Crippen molar-refractivity contribution in [3.8, 4) is 0 Å². The first kappa shape index (κ1) is 15.3. The third-order valence-corrected chi connectivity index (χ3v) is 3.99. The number of nitrogens with zero attached hydrogens (tertiary/aromatic N) is 3. The number of nitrogens with one attached hydrogen (secondary N) is 1. The summed E-state index contributed by atoms with van der Waals surface area (Å²) in [5.41, 5.74) is 5.47. The van der Waals surface area contributed by atoms with Gasteiger partial charge in [0.2, 0.25) is 0 Å². The third kappa shape index (κ3) is 3.15. The van der Waals surface area contributed by atoms with E-state index in [1.54, 1.807) is 17.5 Å². The molecule has 0 unspecified atom stereocenters. The van der Waals surface area contributed by atoms with Gasteiger partial charge in [-0.25, -0.2) is 9.78 Å². The van der Waals surface area contributed by atoms with E-state index in [9.17, 15) is 9.59 Å². The summed E-state index contributed by atoms with van der Waals surface area (Å²) in [7, 11) is 1.46. The minimum atomic E-state index is -0.399. The molecule has 0 spiro atoms. The molecule has 0 radical (unpaired) electrons. The Morgan fingerprint density at radius 3 is 2.81 bits per heavy atom. The first-order valence-electron chi connectivity index (χ1n) is 6.77. The number of aromatic nitrogens is 3. The zero-order chi connectivity index (χ0) is 15.4. The van der Waals surface area contributed by atoms with Crippen LogP contribution >= 0.6 is 11.3 Å².